The molecule has 1 aromatic rings. The molecular formula is C11H12FNO3. The molecule has 1 heterocycles. The molecule has 2 rings (SSSR count). The zero-order chi connectivity index (χ0) is 11.8. The normalized spacial score (nSPS) is 24.7. The first kappa shape index (κ1) is 10.9. The minimum atomic E-state index is -0.959. The second kappa shape index (κ2) is 3.75. The van der Waals surface area contributed by atoms with E-state index in [0.29, 0.717) is 0 Å². The largest absolute Gasteiger partial charge is 0.438 e. The molecule has 86 valence electrons. The number of cyclic esters (lactones) is 1. The van der Waals surface area contributed by atoms with Crippen molar-refractivity contribution in [3.8, 4) is 0 Å². The average molecular weight is 225 g/mol. The summed E-state index contributed by atoms with van der Waals surface area (Å²) in [6.07, 6.45) is -0.637. The van der Waals surface area contributed by atoms with Crippen LogP contribution in [0.4, 0.5) is 14.9 Å². The zero-order valence-electron chi connectivity index (χ0n) is 8.81. The van der Waals surface area contributed by atoms with Crippen LogP contribution in [-0.2, 0) is 4.74 Å². The highest BCUT2D eigenvalue weighted by molar-refractivity contribution is 5.90. The topological polar surface area (TPSA) is 49.8 Å². The molecule has 0 radical (unpaired) electrons. The summed E-state index contributed by atoms with van der Waals surface area (Å²) in [7, 11) is 0. The minimum Gasteiger partial charge on any atom is -0.438 e. The van der Waals surface area contributed by atoms with Crippen molar-refractivity contribution in [2.75, 3.05) is 18.1 Å². The van der Waals surface area contributed by atoms with Gasteiger partial charge in [-0.05, 0) is 19.1 Å². The standard InChI is InChI=1S/C11H12FNO3/c1-11(7-14)6-13(10(15)16-11)9-5-3-2-4-8(9)12/h2-5,14H,6-7H2,1H3. The molecule has 1 unspecified atom stereocenters. The van der Waals surface area contributed by atoms with Gasteiger partial charge in [-0.3, -0.25) is 4.90 Å². The summed E-state index contributed by atoms with van der Waals surface area (Å²) in [5.41, 5.74) is -0.788. The van der Waals surface area contributed by atoms with E-state index < -0.39 is 17.5 Å². The average Bonchev–Trinajstić information content (AvgIpc) is 2.56. The first-order chi connectivity index (χ1) is 7.56. The molecule has 0 aromatic heterocycles. The fourth-order valence-electron chi connectivity index (χ4n) is 1.63. The number of hydrogen-bond acceptors (Lipinski definition) is 3. The highest BCUT2D eigenvalue weighted by Crippen LogP contribution is 2.29. The number of aliphatic hydroxyl groups excluding tert-OH is 1. The van der Waals surface area contributed by atoms with Crippen molar-refractivity contribution in [2.24, 2.45) is 0 Å². The molecule has 1 atom stereocenters. The fourth-order valence-corrected chi connectivity index (χ4v) is 1.63. The van der Waals surface area contributed by atoms with Gasteiger partial charge in [-0.15, -0.1) is 0 Å². The Bertz CT molecular complexity index is 423. The van der Waals surface area contributed by atoms with Crippen LogP contribution in [0.5, 0.6) is 0 Å². The molecule has 1 aliphatic rings. The molecule has 0 aliphatic carbocycles. The van der Waals surface area contributed by atoms with Crippen molar-refractivity contribution in [3.63, 3.8) is 0 Å². The molecule has 1 saturated heterocycles. The Morgan fingerprint density at radius 1 is 1.56 bits per heavy atom. The van der Waals surface area contributed by atoms with E-state index in [-0.39, 0.29) is 18.8 Å². The van der Waals surface area contributed by atoms with Crippen molar-refractivity contribution < 1.29 is 19.0 Å². The summed E-state index contributed by atoms with van der Waals surface area (Å²) in [5.74, 6) is -0.485. The van der Waals surface area contributed by atoms with E-state index in [1.807, 2.05) is 0 Å². The number of benzene rings is 1. The van der Waals surface area contributed by atoms with Crippen LogP contribution in [0.15, 0.2) is 24.3 Å². The highest BCUT2D eigenvalue weighted by atomic mass is 19.1. The maximum Gasteiger partial charge on any atom is 0.415 e. The Morgan fingerprint density at radius 3 is 2.81 bits per heavy atom. The Balaban J connectivity index is 2.31. The molecule has 5 heteroatoms. The number of amides is 1. The van der Waals surface area contributed by atoms with Crippen molar-refractivity contribution in [3.05, 3.63) is 30.1 Å². The van der Waals surface area contributed by atoms with Gasteiger partial charge in [0.25, 0.3) is 0 Å². The van der Waals surface area contributed by atoms with Gasteiger partial charge >= 0.3 is 6.09 Å². The molecule has 1 N–H and O–H groups in total. The number of hydrogen-bond donors (Lipinski definition) is 1. The number of carbonyl (C=O) groups is 1. The summed E-state index contributed by atoms with van der Waals surface area (Å²) < 4.78 is 18.4. The van der Waals surface area contributed by atoms with Gasteiger partial charge in [0.2, 0.25) is 0 Å². The molecular weight excluding hydrogens is 213 g/mol. The molecule has 1 fully saturated rings. The van der Waals surface area contributed by atoms with E-state index >= 15 is 0 Å². The van der Waals surface area contributed by atoms with Gasteiger partial charge in [-0.25, -0.2) is 9.18 Å². The van der Waals surface area contributed by atoms with Crippen LogP contribution in [0.25, 0.3) is 0 Å². The summed E-state index contributed by atoms with van der Waals surface area (Å²) >= 11 is 0. The Morgan fingerprint density at radius 2 is 2.25 bits per heavy atom. The number of halogens is 1. The zero-order valence-corrected chi connectivity index (χ0v) is 8.81. The Hall–Kier alpha value is -1.62. The molecule has 16 heavy (non-hydrogen) atoms. The van der Waals surface area contributed by atoms with Crippen LogP contribution in [0.2, 0.25) is 0 Å². The molecule has 1 aromatic carbocycles. The number of para-hydroxylation sites is 1. The SMILES string of the molecule is CC1(CO)CN(c2ccccc2F)C(=O)O1. The van der Waals surface area contributed by atoms with E-state index in [0.717, 1.165) is 0 Å². The Labute approximate surface area is 92.2 Å². The van der Waals surface area contributed by atoms with Crippen LogP contribution in [0.1, 0.15) is 6.92 Å². The third-order valence-corrected chi connectivity index (χ3v) is 2.52. The quantitative estimate of drug-likeness (QED) is 0.830. The second-order valence-electron chi connectivity index (χ2n) is 4.01. The number of anilines is 1. The van der Waals surface area contributed by atoms with E-state index in [1.54, 1.807) is 19.1 Å². The lowest BCUT2D eigenvalue weighted by molar-refractivity contribution is 0.0219. The van der Waals surface area contributed by atoms with Gasteiger partial charge in [0.05, 0.1) is 18.8 Å². The number of carbonyl (C=O) groups excluding carboxylic acids is 1. The highest BCUT2D eigenvalue weighted by Gasteiger charge is 2.42. The monoisotopic (exact) mass is 225 g/mol. The van der Waals surface area contributed by atoms with Crippen LogP contribution < -0.4 is 4.90 Å². The first-order valence-electron chi connectivity index (χ1n) is 4.92. The summed E-state index contributed by atoms with van der Waals surface area (Å²) in [4.78, 5) is 12.7. The predicted octanol–water partition coefficient (Wildman–Crippen LogP) is 1.53. The summed E-state index contributed by atoms with van der Waals surface area (Å²) in [5, 5.41) is 9.08. The van der Waals surface area contributed by atoms with E-state index in [1.165, 1.54) is 17.0 Å². The van der Waals surface area contributed by atoms with Crippen LogP contribution in [-0.4, -0.2) is 30.0 Å². The summed E-state index contributed by atoms with van der Waals surface area (Å²) in [6.45, 7) is 1.46. The van der Waals surface area contributed by atoms with Crippen molar-refractivity contribution in [1.29, 1.82) is 0 Å². The van der Waals surface area contributed by atoms with E-state index in [9.17, 15) is 9.18 Å². The van der Waals surface area contributed by atoms with Crippen LogP contribution in [0.3, 0.4) is 0 Å². The van der Waals surface area contributed by atoms with E-state index in [2.05, 4.69) is 0 Å². The van der Waals surface area contributed by atoms with Crippen molar-refractivity contribution >= 4 is 11.8 Å². The third-order valence-electron chi connectivity index (χ3n) is 2.52. The molecule has 1 aliphatic heterocycles. The van der Waals surface area contributed by atoms with Crippen LogP contribution >= 0.6 is 0 Å². The smallest absolute Gasteiger partial charge is 0.415 e. The number of nitrogens with zero attached hydrogens (tertiary/aromatic N) is 1. The molecule has 0 saturated carbocycles. The maximum absolute atomic E-state index is 13.5. The maximum atomic E-state index is 13.5. The molecule has 1 amide bonds. The number of rotatable bonds is 2. The second-order valence-corrected chi connectivity index (χ2v) is 4.01. The van der Waals surface area contributed by atoms with Gasteiger partial charge < -0.3 is 9.84 Å². The number of ether oxygens (including phenoxy) is 1. The van der Waals surface area contributed by atoms with Gasteiger partial charge in [-0.2, -0.15) is 0 Å². The lowest BCUT2D eigenvalue weighted by Gasteiger charge is -2.18. The number of aliphatic hydroxyl groups is 1. The Kier molecular flexibility index (Phi) is 2.55. The fraction of sp³-hybridized carbons (Fsp3) is 0.364. The predicted molar refractivity (Wildman–Crippen MR) is 55.7 cm³/mol. The van der Waals surface area contributed by atoms with Gasteiger partial charge in [-0.1, -0.05) is 12.1 Å². The minimum absolute atomic E-state index is 0.142. The van der Waals surface area contributed by atoms with Gasteiger partial charge in [0, 0.05) is 0 Å². The van der Waals surface area contributed by atoms with Gasteiger partial charge in [0.15, 0.2) is 5.60 Å². The van der Waals surface area contributed by atoms with E-state index in [4.69, 9.17) is 9.84 Å². The van der Waals surface area contributed by atoms with Crippen molar-refractivity contribution in [1.82, 2.24) is 0 Å². The molecule has 0 bridgehead atoms. The molecule has 0 spiro atoms. The first-order valence-corrected chi connectivity index (χ1v) is 4.92. The third kappa shape index (κ3) is 1.74. The van der Waals surface area contributed by atoms with Gasteiger partial charge in [0.1, 0.15) is 5.82 Å². The van der Waals surface area contributed by atoms with Crippen molar-refractivity contribution in [2.45, 2.75) is 12.5 Å². The van der Waals surface area contributed by atoms with Crippen LogP contribution in [0, 0.1) is 5.82 Å². The lowest BCUT2D eigenvalue weighted by atomic mass is 10.1. The summed E-state index contributed by atoms with van der Waals surface area (Å²) in [6, 6.07) is 5.96. The molecule has 4 nitrogen and oxygen atoms in total. The lowest BCUT2D eigenvalue weighted by Crippen LogP contribution is -2.35.